The molecule has 0 atom stereocenters. The summed E-state index contributed by atoms with van der Waals surface area (Å²) >= 11 is 0. The van der Waals surface area contributed by atoms with E-state index < -0.39 is 7.12 Å². The van der Waals surface area contributed by atoms with E-state index in [1.165, 1.54) is 0 Å². The zero-order valence-corrected chi connectivity index (χ0v) is 11.9. The Morgan fingerprint density at radius 1 is 0.565 bits per heavy atom. The number of hydrogen-bond donors (Lipinski definition) is 2. The Morgan fingerprint density at radius 3 is 1.52 bits per heavy atom. The van der Waals surface area contributed by atoms with Crippen LogP contribution in [0.4, 0.5) is 0 Å². The molecule has 14 radical (unpaired) electrons. The standard InChI is InChI=1S/C12H2B8O3/c13-3-1-2-4(14)10(20(21)22)7(17)9(19)12(2)23-11(1)8(18)6(16)5(3)15/h21-22H. The fourth-order valence-corrected chi connectivity index (χ4v) is 2.70. The van der Waals surface area contributed by atoms with Gasteiger partial charge in [-0.3, -0.25) is 0 Å². The minimum absolute atomic E-state index is 0.0237. The van der Waals surface area contributed by atoms with Gasteiger partial charge in [0.15, 0.2) is 0 Å². The van der Waals surface area contributed by atoms with Gasteiger partial charge in [-0.2, -0.15) is 0 Å². The van der Waals surface area contributed by atoms with Gasteiger partial charge in [-0.15, -0.1) is 16.4 Å². The first kappa shape index (κ1) is 16.5. The molecular weight excluding hydrogens is 279 g/mol. The van der Waals surface area contributed by atoms with Crippen molar-refractivity contribution < 1.29 is 14.5 Å². The van der Waals surface area contributed by atoms with Crippen molar-refractivity contribution in [1.82, 2.24) is 0 Å². The zero-order valence-electron chi connectivity index (χ0n) is 11.9. The quantitative estimate of drug-likeness (QED) is 0.436. The van der Waals surface area contributed by atoms with Crippen molar-refractivity contribution in [3.05, 3.63) is 0 Å². The van der Waals surface area contributed by atoms with Crippen LogP contribution in [-0.2, 0) is 0 Å². The van der Waals surface area contributed by atoms with Crippen LogP contribution in [0.25, 0.3) is 21.9 Å². The van der Waals surface area contributed by atoms with Crippen LogP contribution in [0.15, 0.2) is 4.42 Å². The first-order chi connectivity index (χ1) is 10.7. The molecule has 1 aromatic heterocycles. The molecule has 3 rings (SSSR count). The van der Waals surface area contributed by atoms with E-state index in [0.29, 0.717) is 0 Å². The highest BCUT2D eigenvalue weighted by atomic mass is 16.4. The Hall–Kier alpha value is -1.32. The molecule has 2 aromatic carbocycles. The van der Waals surface area contributed by atoms with Crippen molar-refractivity contribution >= 4 is 128 Å². The van der Waals surface area contributed by atoms with Crippen molar-refractivity contribution in [3.63, 3.8) is 0 Å². The van der Waals surface area contributed by atoms with Crippen LogP contribution >= 0.6 is 0 Å². The highest BCUT2D eigenvalue weighted by Crippen LogP contribution is 2.21. The predicted octanol–water partition coefficient (Wildman–Crippen LogP) is -7.18. The molecule has 0 saturated heterocycles. The topological polar surface area (TPSA) is 53.6 Å². The van der Waals surface area contributed by atoms with Crippen LogP contribution < -0.4 is 43.7 Å². The molecule has 0 saturated carbocycles. The van der Waals surface area contributed by atoms with Crippen LogP contribution in [0.1, 0.15) is 0 Å². The normalized spacial score (nSPS) is 11.4. The molecule has 11 heteroatoms. The summed E-state index contributed by atoms with van der Waals surface area (Å²) in [5.41, 5.74) is 0.244. The lowest BCUT2D eigenvalue weighted by Crippen LogP contribution is -2.56. The molecule has 0 unspecified atom stereocenters. The zero-order chi connectivity index (χ0) is 17.2. The SMILES string of the molecule is [B]c1c([B])c([B])c2c(oc3c([B])c([B])c(B(O)O)c([B])c32)c1[B]. The average molecular weight is 281 g/mol. The number of furan rings is 1. The Balaban J connectivity index is 2.69. The third-order valence-corrected chi connectivity index (χ3v) is 3.94. The average Bonchev–Trinajstić information content (AvgIpc) is 2.89. The second-order valence-corrected chi connectivity index (χ2v) is 5.19. The maximum absolute atomic E-state index is 9.51. The van der Waals surface area contributed by atoms with E-state index in [1.54, 1.807) is 0 Å². The van der Waals surface area contributed by atoms with E-state index in [-0.39, 0.29) is 65.6 Å². The Morgan fingerprint density at radius 2 is 1.00 bits per heavy atom. The lowest BCUT2D eigenvalue weighted by Gasteiger charge is -2.16. The van der Waals surface area contributed by atoms with Crippen LogP contribution in [-0.4, -0.2) is 72.1 Å². The highest BCUT2D eigenvalue weighted by molar-refractivity contribution is 6.76. The fraction of sp³-hybridized carbons (Fsp3) is 0. The van der Waals surface area contributed by atoms with Gasteiger partial charge in [-0.1, -0.05) is 21.9 Å². The molecule has 3 nitrogen and oxygen atoms in total. The number of hydrogen-bond acceptors (Lipinski definition) is 3. The smallest absolute Gasteiger partial charge is 0.457 e. The summed E-state index contributed by atoms with van der Waals surface area (Å²) in [6, 6.07) is 0. The van der Waals surface area contributed by atoms with Crippen LogP contribution in [0, 0.1) is 0 Å². The first-order valence-electron chi connectivity index (χ1n) is 6.48. The Labute approximate surface area is 142 Å². The fourth-order valence-electron chi connectivity index (χ4n) is 2.70. The van der Waals surface area contributed by atoms with E-state index in [2.05, 4.69) is 0 Å². The van der Waals surface area contributed by atoms with Gasteiger partial charge < -0.3 is 14.5 Å². The second-order valence-electron chi connectivity index (χ2n) is 5.19. The van der Waals surface area contributed by atoms with Crippen molar-refractivity contribution in [3.8, 4) is 0 Å². The molecule has 0 bridgehead atoms. The lowest BCUT2D eigenvalue weighted by atomic mass is 9.59. The number of rotatable bonds is 1. The van der Waals surface area contributed by atoms with Crippen LogP contribution in [0.5, 0.6) is 0 Å². The minimum atomic E-state index is -1.93. The maximum Gasteiger partial charge on any atom is 0.487 e. The van der Waals surface area contributed by atoms with Gasteiger partial charge in [0.25, 0.3) is 0 Å². The molecule has 1 heterocycles. The molecule has 0 amide bonds. The first-order valence-corrected chi connectivity index (χ1v) is 6.48. The summed E-state index contributed by atoms with van der Waals surface area (Å²) in [6.45, 7) is 0. The van der Waals surface area contributed by atoms with Crippen molar-refractivity contribution in [2.24, 2.45) is 0 Å². The number of benzene rings is 2. The van der Waals surface area contributed by atoms with E-state index >= 15 is 0 Å². The van der Waals surface area contributed by atoms with Gasteiger partial charge in [0, 0.05) is 10.8 Å². The van der Waals surface area contributed by atoms with Crippen molar-refractivity contribution in [1.29, 1.82) is 0 Å². The Kier molecular flexibility index (Phi) is 3.85. The highest BCUT2D eigenvalue weighted by Gasteiger charge is 2.24. The van der Waals surface area contributed by atoms with Gasteiger partial charge in [0.2, 0.25) is 0 Å². The van der Waals surface area contributed by atoms with Gasteiger partial charge in [-0.25, -0.2) is 0 Å². The largest absolute Gasteiger partial charge is 0.487 e. The molecule has 0 fully saturated rings. The van der Waals surface area contributed by atoms with Gasteiger partial charge in [-0.05, 0) is 5.46 Å². The van der Waals surface area contributed by atoms with Crippen molar-refractivity contribution in [2.75, 3.05) is 0 Å². The molecule has 2 N–H and O–H groups in total. The summed E-state index contributed by atoms with van der Waals surface area (Å²) in [7, 11) is 39.4. The minimum Gasteiger partial charge on any atom is -0.457 e. The summed E-state index contributed by atoms with van der Waals surface area (Å²) in [6.07, 6.45) is 0. The molecular formula is C12H2B8O3. The van der Waals surface area contributed by atoms with E-state index in [9.17, 15) is 10.0 Å². The summed E-state index contributed by atoms with van der Waals surface area (Å²) in [5.74, 6) is 0. The third kappa shape index (κ3) is 2.10. The summed E-state index contributed by atoms with van der Waals surface area (Å²) in [4.78, 5) is 0. The summed E-state index contributed by atoms with van der Waals surface area (Å²) in [5, 5.41) is 19.5. The third-order valence-electron chi connectivity index (χ3n) is 3.94. The number of fused-ring (bicyclic) bond motifs is 3. The maximum atomic E-state index is 9.51. The molecule has 92 valence electrons. The molecule has 23 heavy (non-hydrogen) atoms. The second kappa shape index (κ2) is 5.35. The van der Waals surface area contributed by atoms with Gasteiger partial charge in [0.05, 0.1) is 0 Å². The lowest BCUT2D eigenvalue weighted by molar-refractivity contribution is 0.426. The van der Waals surface area contributed by atoms with Crippen LogP contribution in [0.2, 0.25) is 0 Å². The molecule has 0 aliphatic carbocycles. The van der Waals surface area contributed by atoms with E-state index in [0.717, 1.165) is 0 Å². The van der Waals surface area contributed by atoms with Gasteiger partial charge in [0.1, 0.15) is 66.1 Å². The van der Waals surface area contributed by atoms with Crippen molar-refractivity contribution in [2.45, 2.75) is 0 Å². The van der Waals surface area contributed by atoms with E-state index in [1.807, 2.05) is 0 Å². The monoisotopic (exact) mass is 282 g/mol. The van der Waals surface area contributed by atoms with Crippen LogP contribution in [0.3, 0.4) is 0 Å². The summed E-state index contributed by atoms with van der Waals surface area (Å²) < 4.78 is 5.64. The molecule has 0 aliphatic rings. The molecule has 0 spiro atoms. The predicted molar refractivity (Wildman–Crippen MR) is 101 cm³/mol. The molecule has 0 aliphatic heterocycles. The Bertz CT molecular complexity index is 978. The van der Waals surface area contributed by atoms with E-state index in [4.69, 9.17) is 59.3 Å². The van der Waals surface area contributed by atoms with Gasteiger partial charge >= 0.3 is 7.12 Å². The molecule has 3 aromatic rings.